The zero-order valence-electron chi connectivity index (χ0n) is 21.6. The molecule has 0 bridgehead atoms. The molecule has 0 N–H and O–H groups in total. The van der Waals surface area contributed by atoms with Crippen molar-refractivity contribution in [1.82, 2.24) is 0 Å². The van der Waals surface area contributed by atoms with E-state index in [4.69, 9.17) is 23.9 Å². The fraction of sp³-hybridized carbons (Fsp3) is 0.414. The summed E-state index contributed by atoms with van der Waals surface area (Å²) in [6.07, 6.45) is 0.685. The molecule has 0 spiro atoms. The number of hydrogen-bond acceptors (Lipinski definition) is 7. The Bertz CT molecular complexity index is 1240. The zero-order valence-corrected chi connectivity index (χ0v) is 21.6. The number of carbonyl (C=O) groups excluding carboxylic acids is 2. The number of esters is 1. The van der Waals surface area contributed by atoms with Crippen molar-refractivity contribution in [3.63, 3.8) is 0 Å². The highest BCUT2D eigenvalue weighted by Crippen LogP contribution is 2.48. The van der Waals surface area contributed by atoms with Crippen LogP contribution in [0.15, 0.2) is 58.7 Å². The normalized spacial score (nSPS) is 21.3. The van der Waals surface area contributed by atoms with Crippen molar-refractivity contribution in [2.24, 2.45) is 10.9 Å². The minimum atomic E-state index is -0.904. The maximum absolute atomic E-state index is 15.1. The molecule has 0 amide bonds. The minimum absolute atomic E-state index is 0.0711. The van der Waals surface area contributed by atoms with Gasteiger partial charge in [0.1, 0.15) is 18.3 Å². The molecule has 196 valence electrons. The fourth-order valence-corrected chi connectivity index (χ4v) is 5.21. The highest BCUT2D eigenvalue weighted by Gasteiger charge is 2.45. The van der Waals surface area contributed by atoms with Gasteiger partial charge in [-0.05, 0) is 55.5 Å². The number of benzene rings is 2. The van der Waals surface area contributed by atoms with E-state index in [9.17, 15) is 9.59 Å². The van der Waals surface area contributed by atoms with E-state index in [0.29, 0.717) is 41.5 Å². The molecule has 1 aliphatic heterocycles. The third-order valence-electron chi connectivity index (χ3n) is 6.94. The molecular formula is C29H32FNO6. The molecule has 0 saturated heterocycles. The summed E-state index contributed by atoms with van der Waals surface area (Å²) in [7, 11) is 3.13. The maximum atomic E-state index is 15.1. The van der Waals surface area contributed by atoms with Crippen molar-refractivity contribution in [2.75, 3.05) is 34.0 Å². The topological polar surface area (TPSA) is 83.4 Å². The van der Waals surface area contributed by atoms with Gasteiger partial charge in [-0.2, -0.15) is 0 Å². The van der Waals surface area contributed by atoms with Gasteiger partial charge in [0.05, 0.1) is 20.8 Å². The summed E-state index contributed by atoms with van der Waals surface area (Å²) < 4.78 is 36.6. The summed E-state index contributed by atoms with van der Waals surface area (Å²) in [4.78, 5) is 31.6. The molecule has 0 radical (unpaired) electrons. The van der Waals surface area contributed by atoms with Crippen molar-refractivity contribution >= 4 is 17.5 Å². The second-order valence-electron chi connectivity index (χ2n) is 9.10. The van der Waals surface area contributed by atoms with Gasteiger partial charge >= 0.3 is 5.97 Å². The average Bonchev–Trinajstić information content (AvgIpc) is 2.90. The number of hydrogen-bond donors (Lipinski definition) is 0. The maximum Gasteiger partial charge on any atom is 0.315 e. The number of ketones is 1. The van der Waals surface area contributed by atoms with E-state index in [0.717, 1.165) is 5.56 Å². The molecule has 0 aromatic heterocycles. The van der Waals surface area contributed by atoms with Crippen molar-refractivity contribution in [3.05, 3.63) is 70.7 Å². The van der Waals surface area contributed by atoms with Crippen molar-refractivity contribution in [1.29, 1.82) is 0 Å². The molecule has 37 heavy (non-hydrogen) atoms. The SMILES string of the molecule is CCOCCOC(=O)C1C(C)=NC2=C(C(=O)C[C@H](c3ccc(OC)c(OC)c3)C2)[C@H]1c1ccccc1F. The summed E-state index contributed by atoms with van der Waals surface area (Å²) in [6, 6.07) is 11.9. The van der Waals surface area contributed by atoms with E-state index in [2.05, 4.69) is 0 Å². The first kappa shape index (κ1) is 26.5. The van der Waals surface area contributed by atoms with Gasteiger partial charge in [0, 0.05) is 35.9 Å². The molecule has 1 aliphatic carbocycles. The van der Waals surface area contributed by atoms with Crippen LogP contribution in [0.4, 0.5) is 4.39 Å². The molecule has 4 rings (SSSR count). The number of aliphatic imine (C=N–C) groups is 1. The first-order valence-corrected chi connectivity index (χ1v) is 12.4. The van der Waals surface area contributed by atoms with Gasteiger partial charge in [-0.3, -0.25) is 14.6 Å². The monoisotopic (exact) mass is 509 g/mol. The number of rotatable bonds is 9. The van der Waals surface area contributed by atoms with Gasteiger partial charge in [-0.1, -0.05) is 24.3 Å². The number of nitrogens with zero attached hydrogens (tertiary/aromatic N) is 1. The predicted molar refractivity (Wildman–Crippen MR) is 137 cm³/mol. The highest BCUT2D eigenvalue weighted by atomic mass is 19.1. The van der Waals surface area contributed by atoms with Gasteiger partial charge in [-0.25, -0.2) is 4.39 Å². The second-order valence-corrected chi connectivity index (χ2v) is 9.10. The van der Waals surface area contributed by atoms with Crippen molar-refractivity contribution in [3.8, 4) is 11.5 Å². The Morgan fingerprint density at radius 2 is 1.81 bits per heavy atom. The molecule has 2 aromatic carbocycles. The van der Waals surface area contributed by atoms with Crippen molar-refractivity contribution < 1.29 is 32.9 Å². The van der Waals surface area contributed by atoms with E-state index in [1.165, 1.54) is 6.07 Å². The molecule has 0 fully saturated rings. The number of methoxy groups -OCH3 is 2. The Labute approximate surface area is 216 Å². The van der Waals surface area contributed by atoms with Crippen molar-refractivity contribution in [2.45, 2.75) is 38.5 Å². The molecule has 2 aromatic rings. The summed E-state index contributed by atoms with van der Waals surface area (Å²) in [5.41, 5.74) is 2.67. The number of carbonyl (C=O) groups is 2. The van der Waals surface area contributed by atoms with Crippen LogP contribution in [0.3, 0.4) is 0 Å². The molecule has 0 saturated carbocycles. The average molecular weight is 510 g/mol. The van der Waals surface area contributed by atoms with Crippen LogP contribution < -0.4 is 9.47 Å². The predicted octanol–water partition coefficient (Wildman–Crippen LogP) is 5.00. The Morgan fingerprint density at radius 3 is 2.51 bits per heavy atom. The molecule has 2 aliphatic rings. The standard InChI is InChI=1S/C29H32FNO6/c1-5-36-12-13-37-29(33)26-17(2)31-22-14-19(18-10-11-24(34-3)25(16-18)35-4)15-23(32)28(22)27(26)20-8-6-7-9-21(20)30/h6-11,16,19,26-27H,5,12-15H2,1-4H3/t19-,26?,27+/m1/s1. The lowest BCUT2D eigenvalue weighted by molar-refractivity contribution is -0.148. The Morgan fingerprint density at radius 1 is 1.05 bits per heavy atom. The van der Waals surface area contributed by atoms with Crippen LogP contribution in [0.1, 0.15) is 49.7 Å². The summed E-state index contributed by atoms with van der Waals surface area (Å²) in [6.45, 7) is 4.42. The first-order chi connectivity index (χ1) is 17.9. The molecule has 3 atom stereocenters. The first-order valence-electron chi connectivity index (χ1n) is 12.4. The van der Waals surface area contributed by atoms with E-state index in [1.54, 1.807) is 39.3 Å². The van der Waals surface area contributed by atoms with Crippen LogP contribution >= 0.6 is 0 Å². The van der Waals surface area contributed by atoms with Gasteiger partial charge in [0.2, 0.25) is 0 Å². The van der Waals surface area contributed by atoms with Gasteiger partial charge < -0.3 is 18.9 Å². The summed E-state index contributed by atoms with van der Waals surface area (Å²) in [5.74, 6) is -1.85. The molecule has 1 heterocycles. The largest absolute Gasteiger partial charge is 0.493 e. The van der Waals surface area contributed by atoms with Crippen LogP contribution in [-0.4, -0.2) is 51.5 Å². The Hall–Kier alpha value is -3.52. The number of ether oxygens (including phenoxy) is 4. The summed E-state index contributed by atoms with van der Waals surface area (Å²) >= 11 is 0. The van der Waals surface area contributed by atoms with Gasteiger partial charge in [-0.15, -0.1) is 0 Å². The number of halogens is 1. The van der Waals surface area contributed by atoms with Crippen LogP contribution in [-0.2, 0) is 19.1 Å². The van der Waals surface area contributed by atoms with E-state index < -0.39 is 23.6 Å². The van der Waals surface area contributed by atoms with Gasteiger partial charge in [0.15, 0.2) is 17.3 Å². The number of allylic oxidation sites excluding steroid dienone is 2. The lowest BCUT2D eigenvalue weighted by atomic mass is 9.69. The third kappa shape index (κ3) is 5.44. The van der Waals surface area contributed by atoms with Crippen LogP contribution in [0.5, 0.6) is 11.5 Å². The van der Waals surface area contributed by atoms with Crippen LogP contribution in [0.2, 0.25) is 0 Å². The molecule has 8 heteroatoms. The molecular weight excluding hydrogens is 477 g/mol. The van der Waals surface area contributed by atoms with Crippen LogP contribution in [0.25, 0.3) is 0 Å². The Balaban J connectivity index is 1.72. The lowest BCUT2D eigenvalue weighted by Gasteiger charge is -2.36. The fourth-order valence-electron chi connectivity index (χ4n) is 5.21. The molecule has 1 unspecified atom stereocenters. The summed E-state index contributed by atoms with van der Waals surface area (Å²) in [5, 5.41) is 0. The van der Waals surface area contributed by atoms with Gasteiger partial charge in [0.25, 0.3) is 0 Å². The lowest BCUT2D eigenvalue weighted by Crippen LogP contribution is -2.38. The number of Topliss-reactive ketones (excluding diaryl/α,β-unsaturated/α-hetero) is 1. The zero-order chi connectivity index (χ0) is 26.5. The molecule has 7 nitrogen and oxygen atoms in total. The van der Waals surface area contributed by atoms with E-state index in [-0.39, 0.29) is 36.9 Å². The smallest absolute Gasteiger partial charge is 0.315 e. The van der Waals surface area contributed by atoms with E-state index >= 15 is 4.39 Å². The Kier molecular flexibility index (Phi) is 8.38. The highest BCUT2D eigenvalue weighted by molar-refractivity contribution is 6.09. The van der Waals surface area contributed by atoms with E-state index in [1.807, 2.05) is 25.1 Å². The van der Waals surface area contributed by atoms with Crippen LogP contribution in [0, 0.1) is 11.7 Å². The quantitative estimate of drug-likeness (QED) is 0.350. The minimum Gasteiger partial charge on any atom is -0.493 e. The second kappa shape index (κ2) is 11.7. The third-order valence-corrected chi connectivity index (χ3v) is 6.94.